The van der Waals surface area contributed by atoms with Gasteiger partial charge in [-0.2, -0.15) is 5.10 Å². The van der Waals surface area contributed by atoms with Gasteiger partial charge in [0, 0.05) is 12.8 Å². The lowest BCUT2D eigenvalue weighted by atomic mass is 10.3. The molecular formula is C8H14N4O2. The van der Waals surface area contributed by atoms with E-state index in [0.717, 1.165) is 0 Å². The summed E-state index contributed by atoms with van der Waals surface area (Å²) in [7, 11) is 0. The minimum Gasteiger partial charge on any atom is -0.382 e. The molecule has 6 heteroatoms. The van der Waals surface area contributed by atoms with Crippen LogP contribution in [0.2, 0.25) is 0 Å². The minimum absolute atomic E-state index is 0.161. The Hall–Kier alpha value is -1.56. The van der Waals surface area contributed by atoms with Gasteiger partial charge in [0.2, 0.25) is 0 Å². The van der Waals surface area contributed by atoms with Gasteiger partial charge in [-0.25, -0.2) is 0 Å². The van der Waals surface area contributed by atoms with E-state index in [9.17, 15) is 4.79 Å². The highest BCUT2D eigenvalue weighted by atomic mass is 16.5. The Morgan fingerprint density at radius 3 is 2.93 bits per heavy atom. The van der Waals surface area contributed by atoms with Crippen molar-refractivity contribution in [2.45, 2.75) is 13.5 Å². The van der Waals surface area contributed by atoms with Gasteiger partial charge >= 0.3 is 0 Å². The Morgan fingerprint density at radius 2 is 2.43 bits per heavy atom. The largest absolute Gasteiger partial charge is 0.382 e. The molecule has 14 heavy (non-hydrogen) atoms. The van der Waals surface area contributed by atoms with E-state index < -0.39 is 5.91 Å². The smallest absolute Gasteiger partial charge is 0.254 e. The second-order valence-corrected chi connectivity index (χ2v) is 2.75. The van der Waals surface area contributed by atoms with Crippen LogP contribution in [0.3, 0.4) is 0 Å². The number of nitrogens with two attached hydrogens (primary N) is 2. The molecule has 0 atom stereocenters. The zero-order chi connectivity index (χ0) is 10.6. The van der Waals surface area contributed by atoms with Crippen LogP contribution in [0.1, 0.15) is 17.3 Å². The van der Waals surface area contributed by atoms with Crippen LogP contribution in [0.5, 0.6) is 0 Å². The van der Waals surface area contributed by atoms with Crippen molar-refractivity contribution in [3.8, 4) is 0 Å². The molecule has 0 spiro atoms. The third-order valence-electron chi connectivity index (χ3n) is 1.72. The molecule has 0 aliphatic rings. The van der Waals surface area contributed by atoms with Crippen LogP contribution in [0, 0.1) is 0 Å². The van der Waals surface area contributed by atoms with Gasteiger partial charge < -0.3 is 16.2 Å². The molecule has 0 aromatic carbocycles. The highest BCUT2D eigenvalue weighted by Gasteiger charge is 2.10. The lowest BCUT2D eigenvalue weighted by Gasteiger charge is -2.00. The van der Waals surface area contributed by atoms with Gasteiger partial charge in [0.25, 0.3) is 5.91 Å². The molecule has 1 aromatic rings. The Labute approximate surface area is 81.8 Å². The molecule has 0 radical (unpaired) electrons. The molecule has 1 amide bonds. The number of hydrogen-bond donors (Lipinski definition) is 2. The third-order valence-corrected chi connectivity index (χ3v) is 1.72. The lowest BCUT2D eigenvalue weighted by molar-refractivity contribution is 0.100. The predicted molar refractivity (Wildman–Crippen MR) is 51.7 cm³/mol. The molecule has 6 nitrogen and oxygen atoms in total. The minimum atomic E-state index is -0.565. The van der Waals surface area contributed by atoms with E-state index in [-0.39, 0.29) is 11.4 Å². The molecule has 1 heterocycles. The Balaban J connectivity index is 2.62. The summed E-state index contributed by atoms with van der Waals surface area (Å²) in [5, 5.41) is 3.92. The fourth-order valence-corrected chi connectivity index (χ4v) is 1.04. The third kappa shape index (κ3) is 2.46. The Bertz CT molecular complexity index is 321. The van der Waals surface area contributed by atoms with Gasteiger partial charge in [-0.05, 0) is 6.92 Å². The van der Waals surface area contributed by atoms with Crippen molar-refractivity contribution in [1.82, 2.24) is 9.78 Å². The van der Waals surface area contributed by atoms with Crippen molar-refractivity contribution >= 4 is 11.7 Å². The zero-order valence-corrected chi connectivity index (χ0v) is 8.06. The summed E-state index contributed by atoms with van der Waals surface area (Å²) in [5.41, 5.74) is 10.8. The van der Waals surface area contributed by atoms with Crippen molar-refractivity contribution in [3.63, 3.8) is 0 Å². The molecule has 0 aliphatic heterocycles. The first-order valence-electron chi connectivity index (χ1n) is 4.35. The van der Waals surface area contributed by atoms with Crippen molar-refractivity contribution in [3.05, 3.63) is 11.8 Å². The van der Waals surface area contributed by atoms with Crippen LogP contribution in [-0.4, -0.2) is 28.9 Å². The molecule has 0 aliphatic carbocycles. The zero-order valence-electron chi connectivity index (χ0n) is 8.06. The molecule has 1 rings (SSSR count). The number of anilines is 1. The number of ether oxygens (including phenoxy) is 1. The molecule has 78 valence electrons. The first-order valence-corrected chi connectivity index (χ1v) is 4.35. The van der Waals surface area contributed by atoms with Crippen molar-refractivity contribution in [2.75, 3.05) is 18.9 Å². The fraction of sp³-hybridized carbons (Fsp3) is 0.500. The van der Waals surface area contributed by atoms with E-state index in [2.05, 4.69) is 5.10 Å². The molecule has 0 saturated heterocycles. The van der Waals surface area contributed by atoms with Crippen LogP contribution in [0.4, 0.5) is 5.82 Å². The van der Waals surface area contributed by atoms with E-state index in [1.165, 1.54) is 6.20 Å². The molecule has 0 bridgehead atoms. The van der Waals surface area contributed by atoms with Crippen molar-refractivity contribution in [2.24, 2.45) is 5.73 Å². The summed E-state index contributed by atoms with van der Waals surface area (Å²) >= 11 is 0. The molecule has 0 unspecified atom stereocenters. The lowest BCUT2D eigenvalue weighted by Crippen LogP contribution is -2.11. The van der Waals surface area contributed by atoms with E-state index in [1.807, 2.05) is 6.92 Å². The Morgan fingerprint density at radius 1 is 1.71 bits per heavy atom. The molecule has 0 fully saturated rings. The SMILES string of the molecule is CCOCCn1cc(C(N)=O)c(N)n1. The van der Waals surface area contributed by atoms with Gasteiger partial charge in [0.15, 0.2) is 5.82 Å². The Kier molecular flexibility index (Phi) is 3.47. The fourth-order valence-electron chi connectivity index (χ4n) is 1.04. The van der Waals surface area contributed by atoms with Crippen molar-refractivity contribution in [1.29, 1.82) is 0 Å². The van der Waals surface area contributed by atoms with E-state index >= 15 is 0 Å². The summed E-state index contributed by atoms with van der Waals surface area (Å²) in [6.07, 6.45) is 1.52. The number of nitrogens with zero attached hydrogens (tertiary/aromatic N) is 2. The highest BCUT2D eigenvalue weighted by molar-refractivity contribution is 5.96. The quantitative estimate of drug-likeness (QED) is 0.629. The maximum atomic E-state index is 10.8. The van der Waals surface area contributed by atoms with Gasteiger partial charge in [-0.3, -0.25) is 9.48 Å². The number of rotatable bonds is 5. The highest BCUT2D eigenvalue weighted by Crippen LogP contribution is 2.07. The van der Waals surface area contributed by atoms with Gasteiger partial charge in [0.1, 0.15) is 5.56 Å². The monoisotopic (exact) mass is 198 g/mol. The summed E-state index contributed by atoms with van der Waals surface area (Å²) in [4.78, 5) is 10.8. The summed E-state index contributed by atoms with van der Waals surface area (Å²) in [6.45, 7) is 3.66. The number of hydrogen-bond acceptors (Lipinski definition) is 4. The first kappa shape index (κ1) is 10.5. The predicted octanol–water partition coefficient (Wildman–Crippen LogP) is -0.399. The number of amides is 1. The molecule has 0 saturated carbocycles. The standard InChI is InChI=1S/C8H14N4O2/c1-2-14-4-3-12-5-6(8(10)13)7(9)11-12/h5H,2-4H2,1H3,(H2,9,11)(H2,10,13). The van der Waals surface area contributed by atoms with Gasteiger partial charge in [0.05, 0.1) is 13.2 Å². The second kappa shape index (κ2) is 4.61. The second-order valence-electron chi connectivity index (χ2n) is 2.75. The normalized spacial score (nSPS) is 10.4. The van der Waals surface area contributed by atoms with E-state index in [4.69, 9.17) is 16.2 Å². The van der Waals surface area contributed by atoms with E-state index in [0.29, 0.717) is 19.8 Å². The summed E-state index contributed by atoms with van der Waals surface area (Å²) in [5.74, 6) is -0.404. The average molecular weight is 198 g/mol. The number of carbonyl (C=O) groups excluding carboxylic acids is 1. The summed E-state index contributed by atoms with van der Waals surface area (Å²) in [6, 6.07) is 0. The number of carbonyl (C=O) groups is 1. The first-order chi connectivity index (χ1) is 6.65. The van der Waals surface area contributed by atoms with Crippen LogP contribution in [-0.2, 0) is 11.3 Å². The maximum absolute atomic E-state index is 10.8. The average Bonchev–Trinajstić information content (AvgIpc) is 2.47. The van der Waals surface area contributed by atoms with Crippen LogP contribution >= 0.6 is 0 Å². The number of primary amides is 1. The van der Waals surface area contributed by atoms with Gasteiger partial charge in [-0.15, -0.1) is 0 Å². The van der Waals surface area contributed by atoms with Crippen molar-refractivity contribution < 1.29 is 9.53 Å². The van der Waals surface area contributed by atoms with Crippen LogP contribution in [0.25, 0.3) is 0 Å². The number of aromatic nitrogens is 2. The topological polar surface area (TPSA) is 96.2 Å². The van der Waals surface area contributed by atoms with Crippen LogP contribution in [0.15, 0.2) is 6.20 Å². The summed E-state index contributed by atoms with van der Waals surface area (Å²) < 4.78 is 6.68. The van der Waals surface area contributed by atoms with E-state index in [1.54, 1.807) is 4.68 Å². The maximum Gasteiger partial charge on any atom is 0.254 e. The number of nitrogen functional groups attached to an aromatic ring is 1. The molecular weight excluding hydrogens is 184 g/mol. The van der Waals surface area contributed by atoms with Crippen LogP contribution < -0.4 is 11.5 Å². The molecule has 4 N–H and O–H groups in total. The molecule has 1 aromatic heterocycles. The van der Waals surface area contributed by atoms with Gasteiger partial charge in [-0.1, -0.05) is 0 Å².